The van der Waals surface area contributed by atoms with Crippen LogP contribution in [0.15, 0.2) is 24.3 Å². The van der Waals surface area contributed by atoms with E-state index in [2.05, 4.69) is 5.32 Å². The lowest BCUT2D eigenvalue weighted by Gasteiger charge is -2.28. The zero-order valence-electron chi connectivity index (χ0n) is 10.6. The molecule has 0 atom stereocenters. The van der Waals surface area contributed by atoms with Gasteiger partial charge in [0.25, 0.3) is 0 Å². The third kappa shape index (κ3) is 2.94. The van der Waals surface area contributed by atoms with Gasteiger partial charge in [0, 0.05) is 24.6 Å². The van der Waals surface area contributed by atoms with Gasteiger partial charge in [0.05, 0.1) is 18.0 Å². The van der Waals surface area contributed by atoms with Crippen molar-refractivity contribution in [1.29, 1.82) is 10.8 Å². The molecule has 1 heterocycles. The van der Waals surface area contributed by atoms with E-state index < -0.39 is 0 Å². The highest BCUT2D eigenvalue weighted by atomic mass is 16.5. The molecule has 0 saturated carbocycles. The summed E-state index contributed by atoms with van der Waals surface area (Å²) >= 11 is 0. The van der Waals surface area contributed by atoms with Crippen LogP contribution in [0.25, 0.3) is 0 Å². The molecule has 98 valence electrons. The molecule has 1 saturated heterocycles. The summed E-state index contributed by atoms with van der Waals surface area (Å²) in [7, 11) is 0. The van der Waals surface area contributed by atoms with Crippen molar-refractivity contribution in [2.75, 3.05) is 19.7 Å². The summed E-state index contributed by atoms with van der Waals surface area (Å²) < 4.78 is 5.40. The molecule has 2 rings (SSSR count). The molecule has 0 amide bonds. The molecule has 0 spiro atoms. The zero-order valence-corrected chi connectivity index (χ0v) is 10.6. The van der Waals surface area contributed by atoms with E-state index in [4.69, 9.17) is 15.6 Å². The second-order valence-electron chi connectivity index (χ2n) is 4.10. The summed E-state index contributed by atoms with van der Waals surface area (Å²) in [6.07, 6.45) is 0. The van der Waals surface area contributed by atoms with Crippen molar-refractivity contribution >= 4 is 11.4 Å². The van der Waals surface area contributed by atoms with Crippen LogP contribution in [-0.4, -0.2) is 31.1 Å². The van der Waals surface area contributed by atoms with E-state index in [1.807, 2.05) is 31.2 Å². The van der Waals surface area contributed by atoms with Crippen molar-refractivity contribution in [2.45, 2.75) is 6.92 Å². The molecule has 0 bridgehead atoms. The summed E-state index contributed by atoms with van der Waals surface area (Å²) in [5.41, 5.74) is 1.48. The van der Waals surface area contributed by atoms with Crippen molar-refractivity contribution in [3.05, 3.63) is 29.8 Å². The number of ether oxygens (including phenoxy) is 1. The Balaban J connectivity index is 0.00000162. The Morgan fingerprint density at radius 1 is 1.39 bits per heavy atom. The molecule has 0 aliphatic carbocycles. The molecule has 18 heavy (non-hydrogen) atoms. The average molecular weight is 248 g/mol. The first kappa shape index (κ1) is 14.3. The summed E-state index contributed by atoms with van der Waals surface area (Å²) in [6.45, 7) is 4.17. The summed E-state index contributed by atoms with van der Waals surface area (Å²) in [5, 5.41) is 19.1. The highest BCUT2D eigenvalue weighted by Crippen LogP contribution is 2.16. The number of hydrogen-bond acceptors (Lipinski definition) is 5. The van der Waals surface area contributed by atoms with Crippen molar-refractivity contribution in [2.24, 2.45) is 5.92 Å². The van der Waals surface area contributed by atoms with Crippen LogP contribution in [0, 0.1) is 16.7 Å². The van der Waals surface area contributed by atoms with Gasteiger partial charge in [-0.15, -0.1) is 0 Å². The predicted octanol–water partition coefficient (Wildman–Crippen LogP) is 1.85. The van der Waals surface area contributed by atoms with Crippen molar-refractivity contribution in [1.82, 2.24) is 11.5 Å². The van der Waals surface area contributed by atoms with Crippen LogP contribution >= 0.6 is 0 Å². The number of nitrogens with one attached hydrogen (secondary N) is 3. The van der Waals surface area contributed by atoms with Gasteiger partial charge in [-0.05, 0) is 19.1 Å². The van der Waals surface area contributed by atoms with Gasteiger partial charge in [0.1, 0.15) is 5.75 Å². The number of rotatable bonds is 5. The van der Waals surface area contributed by atoms with Crippen molar-refractivity contribution < 1.29 is 4.74 Å². The normalized spacial score (nSPS) is 14.3. The van der Waals surface area contributed by atoms with Gasteiger partial charge >= 0.3 is 0 Å². The van der Waals surface area contributed by atoms with Gasteiger partial charge in [0.2, 0.25) is 0 Å². The lowest BCUT2D eigenvalue weighted by molar-refractivity contribution is 0.340. The minimum absolute atomic E-state index is 0. The molecular weight excluding hydrogens is 228 g/mol. The Labute approximate surface area is 107 Å². The van der Waals surface area contributed by atoms with Gasteiger partial charge in [-0.25, -0.2) is 0 Å². The lowest BCUT2D eigenvalue weighted by Crippen LogP contribution is -2.48. The maximum atomic E-state index is 8.02. The Morgan fingerprint density at radius 3 is 2.67 bits per heavy atom. The number of benzene rings is 1. The number of hydrogen-bond donors (Lipinski definition) is 4. The Kier molecular flexibility index (Phi) is 5.00. The van der Waals surface area contributed by atoms with E-state index in [1.165, 1.54) is 0 Å². The van der Waals surface area contributed by atoms with E-state index >= 15 is 0 Å². The standard InChI is InChI=1S/C13H17N3O.H3N/c1-2-17-11-5-3-4-9(6-11)12(14)13(15)10-7-16-8-10;/h3-6,10,14-16H,2,7-8H2,1H3;1H3. The third-order valence-electron chi connectivity index (χ3n) is 2.89. The summed E-state index contributed by atoms with van der Waals surface area (Å²) in [5.74, 6) is 0.951. The first-order valence-corrected chi connectivity index (χ1v) is 5.83. The van der Waals surface area contributed by atoms with Gasteiger partial charge in [0.15, 0.2) is 0 Å². The Hall–Kier alpha value is -1.72. The average Bonchev–Trinajstić information content (AvgIpc) is 2.26. The minimum Gasteiger partial charge on any atom is -0.494 e. The highest BCUT2D eigenvalue weighted by molar-refractivity contribution is 6.47. The van der Waals surface area contributed by atoms with Gasteiger partial charge in [-0.2, -0.15) is 0 Å². The summed E-state index contributed by atoms with van der Waals surface area (Å²) in [6, 6.07) is 7.41. The van der Waals surface area contributed by atoms with Gasteiger partial charge < -0.3 is 21.6 Å². The molecular formula is C13H20N4O. The van der Waals surface area contributed by atoms with Crippen LogP contribution < -0.4 is 16.2 Å². The van der Waals surface area contributed by atoms with Crippen LogP contribution in [-0.2, 0) is 0 Å². The maximum Gasteiger partial charge on any atom is 0.119 e. The first-order chi connectivity index (χ1) is 8.22. The zero-order chi connectivity index (χ0) is 12.3. The molecule has 1 aliphatic heterocycles. The third-order valence-corrected chi connectivity index (χ3v) is 2.89. The molecule has 1 aromatic rings. The second kappa shape index (κ2) is 6.28. The predicted molar refractivity (Wildman–Crippen MR) is 73.5 cm³/mol. The smallest absolute Gasteiger partial charge is 0.119 e. The maximum absolute atomic E-state index is 8.02. The first-order valence-electron chi connectivity index (χ1n) is 5.83. The molecule has 0 aromatic heterocycles. The fourth-order valence-electron chi connectivity index (χ4n) is 1.76. The van der Waals surface area contributed by atoms with E-state index in [-0.39, 0.29) is 12.1 Å². The highest BCUT2D eigenvalue weighted by Gasteiger charge is 2.25. The molecule has 5 heteroatoms. The minimum atomic E-state index is 0. The van der Waals surface area contributed by atoms with E-state index in [9.17, 15) is 0 Å². The Bertz CT molecular complexity index is 440. The quantitative estimate of drug-likeness (QED) is 0.598. The van der Waals surface area contributed by atoms with Crippen LogP contribution in [0.2, 0.25) is 0 Å². The van der Waals surface area contributed by atoms with Crippen LogP contribution in [0.5, 0.6) is 5.75 Å². The van der Waals surface area contributed by atoms with E-state index in [0.717, 1.165) is 24.4 Å². The van der Waals surface area contributed by atoms with Gasteiger partial charge in [-0.1, -0.05) is 12.1 Å². The topological polar surface area (TPSA) is 104 Å². The largest absolute Gasteiger partial charge is 0.494 e. The molecule has 0 radical (unpaired) electrons. The molecule has 6 N–H and O–H groups in total. The van der Waals surface area contributed by atoms with E-state index in [0.29, 0.717) is 18.0 Å². The SMILES string of the molecule is CCOc1cccc(C(=N)C(=N)C2CNC2)c1.N. The molecule has 5 nitrogen and oxygen atoms in total. The fraction of sp³-hybridized carbons (Fsp3) is 0.385. The van der Waals surface area contributed by atoms with Crippen LogP contribution in [0.4, 0.5) is 0 Å². The van der Waals surface area contributed by atoms with Gasteiger partial charge in [-0.3, -0.25) is 5.41 Å². The molecule has 0 unspecified atom stereocenters. The van der Waals surface area contributed by atoms with Crippen molar-refractivity contribution in [3.8, 4) is 5.75 Å². The molecule has 1 aliphatic rings. The molecule has 1 aromatic carbocycles. The van der Waals surface area contributed by atoms with Crippen LogP contribution in [0.1, 0.15) is 12.5 Å². The Morgan fingerprint density at radius 2 is 2.11 bits per heavy atom. The lowest BCUT2D eigenvalue weighted by atomic mass is 9.91. The van der Waals surface area contributed by atoms with Crippen molar-refractivity contribution in [3.63, 3.8) is 0 Å². The van der Waals surface area contributed by atoms with Crippen LogP contribution in [0.3, 0.4) is 0 Å². The molecule has 1 fully saturated rings. The van der Waals surface area contributed by atoms with E-state index in [1.54, 1.807) is 0 Å². The fourth-order valence-corrected chi connectivity index (χ4v) is 1.76. The second-order valence-corrected chi connectivity index (χ2v) is 4.10. The summed E-state index contributed by atoms with van der Waals surface area (Å²) in [4.78, 5) is 0. The monoisotopic (exact) mass is 248 g/mol.